The Morgan fingerprint density at radius 2 is 1.70 bits per heavy atom. The van der Waals surface area contributed by atoms with Crippen LogP contribution >= 0.6 is 11.6 Å². The van der Waals surface area contributed by atoms with Crippen molar-refractivity contribution < 1.29 is 8.42 Å². The zero-order valence-electron chi connectivity index (χ0n) is 19.0. The number of benzene rings is 3. The second-order valence-electron chi connectivity index (χ2n) is 8.90. The van der Waals surface area contributed by atoms with E-state index in [-0.39, 0.29) is 10.8 Å². The maximum absolute atomic E-state index is 11.9. The second kappa shape index (κ2) is 9.29. The molecule has 0 bridgehead atoms. The molecule has 1 unspecified atom stereocenters. The van der Waals surface area contributed by atoms with Crippen LogP contribution in [-0.4, -0.2) is 18.0 Å². The van der Waals surface area contributed by atoms with Crippen molar-refractivity contribution in [2.45, 2.75) is 44.6 Å². The van der Waals surface area contributed by atoms with E-state index in [0.29, 0.717) is 23.0 Å². The third-order valence-corrected chi connectivity index (χ3v) is 7.15. The number of halogens is 1. The van der Waals surface area contributed by atoms with Gasteiger partial charge in [-0.25, -0.2) is 18.5 Å². The van der Waals surface area contributed by atoms with Gasteiger partial charge in [0.05, 0.1) is 22.5 Å². The molecule has 3 aromatic carbocycles. The fourth-order valence-electron chi connectivity index (χ4n) is 4.16. The van der Waals surface area contributed by atoms with Crippen molar-refractivity contribution >= 4 is 32.7 Å². The zero-order valence-corrected chi connectivity index (χ0v) is 20.6. The van der Waals surface area contributed by atoms with Gasteiger partial charge in [-0.2, -0.15) is 0 Å². The molecule has 4 rings (SSSR count). The molecule has 1 heterocycles. The number of imidazole rings is 1. The first-order valence-electron chi connectivity index (χ1n) is 11.0. The molecule has 4 aromatic rings. The second-order valence-corrected chi connectivity index (χ2v) is 10.9. The Balaban J connectivity index is 1.82. The summed E-state index contributed by atoms with van der Waals surface area (Å²) in [4.78, 5) is 4.91. The molecule has 0 amide bonds. The molecule has 0 saturated carbocycles. The third-order valence-electron chi connectivity index (χ3n) is 5.88. The third kappa shape index (κ3) is 5.13. The molecule has 1 atom stereocenters. The van der Waals surface area contributed by atoms with Gasteiger partial charge in [-0.3, -0.25) is 0 Å². The molecule has 0 radical (unpaired) electrons. The molecular formula is C26H28ClN3O2S. The first kappa shape index (κ1) is 23.5. The van der Waals surface area contributed by atoms with E-state index in [1.165, 1.54) is 17.7 Å². The fourth-order valence-corrected chi connectivity index (χ4v) is 4.89. The Morgan fingerprint density at radius 1 is 1.00 bits per heavy atom. The van der Waals surface area contributed by atoms with E-state index in [0.717, 1.165) is 28.9 Å². The summed E-state index contributed by atoms with van der Waals surface area (Å²) in [5.74, 6) is 1.43. The maximum Gasteiger partial charge on any atom is 0.238 e. The van der Waals surface area contributed by atoms with Gasteiger partial charge in [-0.15, -0.1) is 0 Å². The zero-order chi connectivity index (χ0) is 23.8. The highest BCUT2D eigenvalue weighted by Gasteiger charge is 2.21. The van der Waals surface area contributed by atoms with Crippen LogP contribution in [0, 0.1) is 5.92 Å². The molecule has 7 heteroatoms. The molecule has 0 aliphatic rings. The number of nitrogens with two attached hydrogens (primary N) is 1. The number of hydrogen-bond acceptors (Lipinski definition) is 3. The molecule has 5 nitrogen and oxygen atoms in total. The lowest BCUT2D eigenvalue weighted by Crippen LogP contribution is -2.12. The molecule has 172 valence electrons. The topological polar surface area (TPSA) is 78.0 Å². The Labute approximate surface area is 200 Å². The van der Waals surface area contributed by atoms with Gasteiger partial charge in [-0.1, -0.05) is 74.8 Å². The number of nitrogens with zero attached hydrogens (tertiary/aromatic N) is 2. The SMILES string of the molecule is CC(C)Cc1ccc(C(C)c2nc3cc(S(N)(=O)=O)ccc3n2Cc2ccccc2Cl)cc1. The predicted octanol–water partition coefficient (Wildman–Crippen LogP) is 5.74. The van der Waals surface area contributed by atoms with Gasteiger partial charge in [0.25, 0.3) is 0 Å². The Kier molecular flexibility index (Phi) is 6.61. The summed E-state index contributed by atoms with van der Waals surface area (Å²) in [5.41, 5.74) is 4.84. The van der Waals surface area contributed by atoms with Gasteiger partial charge in [0.2, 0.25) is 10.0 Å². The highest BCUT2D eigenvalue weighted by Crippen LogP contribution is 2.30. The Morgan fingerprint density at radius 3 is 2.33 bits per heavy atom. The average molecular weight is 482 g/mol. The largest absolute Gasteiger partial charge is 0.323 e. The highest BCUT2D eigenvalue weighted by atomic mass is 35.5. The molecule has 33 heavy (non-hydrogen) atoms. The summed E-state index contributed by atoms with van der Waals surface area (Å²) >= 11 is 6.46. The quantitative estimate of drug-likeness (QED) is 0.365. The molecule has 1 aromatic heterocycles. The van der Waals surface area contributed by atoms with Crippen LogP contribution in [0.4, 0.5) is 0 Å². The number of aromatic nitrogens is 2. The van der Waals surface area contributed by atoms with Crippen molar-refractivity contribution in [1.29, 1.82) is 0 Å². The summed E-state index contributed by atoms with van der Waals surface area (Å²) in [5, 5.41) is 6.03. The standard InChI is InChI=1S/C26H28ClN3O2S/c1-17(2)14-19-8-10-20(11-9-19)18(3)26-29-24-15-22(33(28,31)32)12-13-25(24)30(26)16-21-6-4-5-7-23(21)27/h4-13,15,17-18H,14,16H2,1-3H3,(H2,28,31,32). The van der Waals surface area contributed by atoms with Crippen molar-refractivity contribution in [3.63, 3.8) is 0 Å². The minimum atomic E-state index is -3.82. The maximum atomic E-state index is 11.9. The lowest BCUT2D eigenvalue weighted by atomic mass is 9.96. The van der Waals surface area contributed by atoms with Crippen LogP contribution < -0.4 is 5.14 Å². The number of hydrogen-bond donors (Lipinski definition) is 1. The van der Waals surface area contributed by atoms with Crippen molar-refractivity contribution in [1.82, 2.24) is 9.55 Å². The van der Waals surface area contributed by atoms with Crippen LogP contribution in [-0.2, 0) is 23.0 Å². The number of sulfonamides is 1. The van der Waals surface area contributed by atoms with Crippen molar-refractivity contribution in [3.8, 4) is 0 Å². The molecule has 0 aliphatic heterocycles. The van der Waals surface area contributed by atoms with Gasteiger partial charge in [0, 0.05) is 10.9 Å². The van der Waals surface area contributed by atoms with E-state index in [2.05, 4.69) is 49.6 Å². The van der Waals surface area contributed by atoms with Crippen LogP contribution in [0.15, 0.2) is 71.6 Å². The summed E-state index contributed by atoms with van der Waals surface area (Å²) in [6, 6.07) is 21.2. The fraction of sp³-hybridized carbons (Fsp3) is 0.269. The first-order valence-corrected chi connectivity index (χ1v) is 12.9. The summed E-state index contributed by atoms with van der Waals surface area (Å²) in [7, 11) is -3.82. The minimum Gasteiger partial charge on any atom is -0.323 e. The lowest BCUT2D eigenvalue weighted by Gasteiger charge is -2.17. The van der Waals surface area contributed by atoms with Crippen molar-refractivity contribution in [2.75, 3.05) is 0 Å². The normalized spacial score (nSPS) is 13.0. The lowest BCUT2D eigenvalue weighted by molar-refractivity contribution is 0.598. The Hall–Kier alpha value is -2.67. The van der Waals surface area contributed by atoms with Gasteiger partial charge in [-0.05, 0) is 53.3 Å². The van der Waals surface area contributed by atoms with Gasteiger partial charge in [0.15, 0.2) is 0 Å². The van der Waals surface area contributed by atoms with E-state index in [1.54, 1.807) is 6.07 Å². The number of primary sulfonamides is 1. The van der Waals surface area contributed by atoms with Gasteiger partial charge < -0.3 is 4.57 Å². The first-order chi connectivity index (χ1) is 15.6. The van der Waals surface area contributed by atoms with Crippen LogP contribution in [0.25, 0.3) is 11.0 Å². The summed E-state index contributed by atoms with van der Waals surface area (Å²) < 4.78 is 25.9. The van der Waals surface area contributed by atoms with Crippen LogP contribution in [0.5, 0.6) is 0 Å². The van der Waals surface area contributed by atoms with Crippen LogP contribution in [0.1, 0.15) is 49.2 Å². The van der Waals surface area contributed by atoms with E-state index < -0.39 is 10.0 Å². The van der Waals surface area contributed by atoms with E-state index in [1.807, 2.05) is 24.3 Å². The smallest absolute Gasteiger partial charge is 0.238 e. The summed E-state index contributed by atoms with van der Waals surface area (Å²) in [6.45, 7) is 7.06. The van der Waals surface area contributed by atoms with Gasteiger partial charge >= 0.3 is 0 Å². The van der Waals surface area contributed by atoms with Crippen molar-refractivity contribution in [3.05, 3.63) is 94.3 Å². The monoisotopic (exact) mass is 481 g/mol. The molecule has 2 N–H and O–H groups in total. The van der Waals surface area contributed by atoms with Crippen molar-refractivity contribution in [2.24, 2.45) is 11.1 Å². The molecule has 0 saturated heterocycles. The number of rotatable bonds is 7. The number of fused-ring (bicyclic) bond motifs is 1. The minimum absolute atomic E-state index is 0.00841. The van der Waals surface area contributed by atoms with Gasteiger partial charge in [0.1, 0.15) is 5.82 Å². The van der Waals surface area contributed by atoms with Crippen LogP contribution in [0.2, 0.25) is 5.02 Å². The van der Waals surface area contributed by atoms with Crippen LogP contribution in [0.3, 0.4) is 0 Å². The Bertz CT molecular complexity index is 1390. The average Bonchev–Trinajstić information content (AvgIpc) is 3.12. The predicted molar refractivity (Wildman–Crippen MR) is 134 cm³/mol. The summed E-state index contributed by atoms with van der Waals surface area (Å²) in [6.07, 6.45) is 1.04. The molecule has 0 spiro atoms. The molecular weight excluding hydrogens is 454 g/mol. The van der Waals surface area contributed by atoms with E-state index >= 15 is 0 Å². The highest BCUT2D eigenvalue weighted by molar-refractivity contribution is 7.89. The van der Waals surface area contributed by atoms with E-state index in [9.17, 15) is 8.42 Å². The molecule has 0 fully saturated rings. The van der Waals surface area contributed by atoms with E-state index in [4.69, 9.17) is 21.7 Å². The molecule has 0 aliphatic carbocycles.